The van der Waals surface area contributed by atoms with Crippen molar-refractivity contribution in [3.63, 3.8) is 0 Å². The maximum atomic E-state index is 10.3. The van der Waals surface area contributed by atoms with E-state index >= 15 is 0 Å². The summed E-state index contributed by atoms with van der Waals surface area (Å²) in [4.78, 5) is 25.2. The highest BCUT2D eigenvalue weighted by molar-refractivity contribution is 5.78. The van der Waals surface area contributed by atoms with Gasteiger partial charge in [0.25, 0.3) is 0 Å². The number of aliphatic hydroxyl groups is 6. The van der Waals surface area contributed by atoms with Gasteiger partial charge >= 0.3 is 0 Å². The minimum Gasteiger partial charge on any atom is -0.394 e. The van der Waals surface area contributed by atoms with Gasteiger partial charge in [-0.25, -0.2) is 29.9 Å². The molecule has 0 bridgehead atoms. The molecule has 0 aliphatic carbocycles. The number of ether oxygens (including phenoxy) is 2. The summed E-state index contributed by atoms with van der Waals surface area (Å²) in [6, 6.07) is 0. The highest BCUT2D eigenvalue weighted by atomic mass is 16.6. The van der Waals surface area contributed by atoms with Gasteiger partial charge in [0, 0.05) is 0 Å². The summed E-state index contributed by atoms with van der Waals surface area (Å²) in [6.07, 6.45) is -3.81. The molecule has 0 amide bonds. The van der Waals surface area contributed by atoms with Crippen LogP contribution in [0.4, 0.5) is 0 Å². The molecule has 6 heterocycles. The van der Waals surface area contributed by atoms with E-state index in [-0.39, 0.29) is 11.4 Å². The fourth-order valence-electron chi connectivity index (χ4n) is 4.66. The summed E-state index contributed by atoms with van der Waals surface area (Å²) in [5.74, 6) is 11.0. The van der Waals surface area contributed by atoms with Crippen molar-refractivity contribution in [3.8, 4) is 23.7 Å². The average Bonchev–Trinajstić information content (AvgIpc) is 3.72. The van der Waals surface area contributed by atoms with Gasteiger partial charge in [-0.3, -0.25) is 9.13 Å². The Labute approximate surface area is 224 Å². The first-order valence-electron chi connectivity index (χ1n) is 12.0. The maximum absolute atomic E-state index is 10.3. The van der Waals surface area contributed by atoms with Gasteiger partial charge in [-0.2, -0.15) is 0 Å². The van der Waals surface area contributed by atoms with Gasteiger partial charge in [-0.05, 0) is 23.7 Å². The molecule has 2 aliphatic rings. The van der Waals surface area contributed by atoms with E-state index in [1.807, 2.05) is 0 Å². The Balaban J connectivity index is 1.26. The van der Waals surface area contributed by atoms with Crippen molar-refractivity contribution >= 4 is 22.3 Å². The molecule has 0 aromatic carbocycles. The third-order valence-corrected chi connectivity index (χ3v) is 6.72. The Bertz CT molecular complexity index is 1560. The van der Waals surface area contributed by atoms with Crippen molar-refractivity contribution in [2.75, 3.05) is 13.2 Å². The highest BCUT2D eigenvalue weighted by Gasteiger charge is 2.45. The van der Waals surface area contributed by atoms with Gasteiger partial charge < -0.3 is 40.1 Å². The lowest BCUT2D eigenvalue weighted by Crippen LogP contribution is -2.33. The molecule has 6 rings (SSSR count). The van der Waals surface area contributed by atoms with E-state index in [4.69, 9.17) is 9.47 Å². The number of nitrogens with zero attached hydrogens (tertiary/aromatic N) is 8. The lowest BCUT2D eigenvalue weighted by Gasteiger charge is -2.16. The van der Waals surface area contributed by atoms with Crippen molar-refractivity contribution in [1.82, 2.24) is 39.0 Å². The van der Waals surface area contributed by atoms with Crippen LogP contribution in [0.15, 0.2) is 25.3 Å². The molecule has 2 saturated heterocycles. The molecule has 8 atom stereocenters. The van der Waals surface area contributed by atoms with Gasteiger partial charge in [-0.15, -0.1) is 0 Å². The van der Waals surface area contributed by atoms with Crippen LogP contribution in [0.3, 0.4) is 0 Å². The Hall–Kier alpha value is -4.10. The number of aliphatic hydroxyl groups excluding tert-OH is 6. The van der Waals surface area contributed by atoms with Crippen molar-refractivity contribution in [2.45, 2.75) is 49.1 Å². The van der Waals surface area contributed by atoms with E-state index in [0.29, 0.717) is 22.3 Å². The average molecular weight is 550 g/mol. The number of aromatic nitrogens is 8. The SMILES string of the molecule is OC[C@H]1O[C@@H](n2cnc3c(C#CC#Cc4ncnc5c4ncn5[C@@H]4O[C@H](CO)[C@@H](O)[C@H]4O)ncnc32)[C@H](O)[C@@H]1O. The predicted octanol–water partition coefficient (Wildman–Crippen LogP) is -3.41. The molecule has 4 aromatic rings. The molecule has 206 valence electrons. The second kappa shape index (κ2) is 10.5. The Morgan fingerprint density at radius 1 is 0.625 bits per heavy atom. The van der Waals surface area contributed by atoms with Crippen LogP contribution in [0.2, 0.25) is 0 Å². The largest absolute Gasteiger partial charge is 0.394 e. The molecule has 16 heteroatoms. The van der Waals surface area contributed by atoms with Crippen LogP contribution in [0.25, 0.3) is 22.3 Å². The van der Waals surface area contributed by atoms with E-state index in [2.05, 4.69) is 53.6 Å². The molecule has 2 fully saturated rings. The Kier molecular flexibility index (Phi) is 6.84. The number of hydrogen-bond donors (Lipinski definition) is 6. The topological polar surface area (TPSA) is 227 Å². The first-order valence-corrected chi connectivity index (χ1v) is 12.0. The minimum absolute atomic E-state index is 0.256. The van der Waals surface area contributed by atoms with E-state index < -0.39 is 62.3 Å². The van der Waals surface area contributed by atoms with Crippen molar-refractivity contribution < 1.29 is 40.1 Å². The fourth-order valence-corrected chi connectivity index (χ4v) is 4.66. The monoisotopic (exact) mass is 550 g/mol. The lowest BCUT2D eigenvalue weighted by molar-refractivity contribution is -0.0511. The lowest BCUT2D eigenvalue weighted by atomic mass is 10.1. The molecule has 40 heavy (non-hydrogen) atoms. The van der Waals surface area contributed by atoms with E-state index in [0.717, 1.165) is 0 Å². The minimum atomic E-state index is -1.30. The number of imidazole rings is 2. The summed E-state index contributed by atoms with van der Waals surface area (Å²) in [7, 11) is 0. The normalized spacial score (nSPS) is 29.9. The summed E-state index contributed by atoms with van der Waals surface area (Å²) in [5, 5.41) is 59.5. The zero-order valence-corrected chi connectivity index (χ0v) is 20.4. The summed E-state index contributed by atoms with van der Waals surface area (Å²) in [5.41, 5.74) is 1.75. The summed E-state index contributed by atoms with van der Waals surface area (Å²) in [6.45, 7) is -0.928. The van der Waals surface area contributed by atoms with Gasteiger partial charge in [0.2, 0.25) is 0 Å². The number of hydrogen-bond acceptors (Lipinski definition) is 14. The van der Waals surface area contributed by atoms with Crippen molar-refractivity contribution in [3.05, 3.63) is 36.7 Å². The second-order valence-corrected chi connectivity index (χ2v) is 9.05. The van der Waals surface area contributed by atoms with Crippen LogP contribution in [-0.4, -0.2) is 120 Å². The van der Waals surface area contributed by atoms with Crippen LogP contribution in [0, 0.1) is 23.7 Å². The van der Waals surface area contributed by atoms with Crippen LogP contribution >= 0.6 is 0 Å². The molecule has 0 unspecified atom stereocenters. The molecule has 0 spiro atoms. The van der Waals surface area contributed by atoms with Crippen LogP contribution < -0.4 is 0 Å². The molecule has 4 aromatic heterocycles. The Morgan fingerprint density at radius 2 is 1.05 bits per heavy atom. The van der Waals surface area contributed by atoms with E-state index in [1.54, 1.807) is 0 Å². The first kappa shape index (κ1) is 26.1. The summed E-state index contributed by atoms with van der Waals surface area (Å²) >= 11 is 0. The highest BCUT2D eigenvalue weighted by Crippen LogP contribution is 2.32. The molecular formula is C24H22N8O8. The summed E-state index contributed by atoms with van der Waals surface area (Å²) < 4.78 is 14.0. The molecule has 2 aliphatic heterocycles. The van der Waals surface area contributed by atoms with Crippen LogP contribution in [0.1, 0.15) is 23.8 Å². The maximum Gasteiger partial charge on any atom is 0.166 e. The molecule has 0 saturated carbocycles. The quantitative estimate of drug-likeness (QED) is 0.136. The number of fused-ring (bicyclic) bond motifs is 2. The fraction of sp³-hybridized carbons (Fsp3) is 0.417. The third kappa shape index (κ3) is 4.25. The predicted molar refractivity (Wildman–Crippen MR) is 130 cm³/mol. The first-order chi connectivity index (χ1) is 19.4. The zero-order chi connectivity index (χ0) is 28.0. The van der Waals surface area contributed by atoms with E-state index in [9.17, 15) is 30.6 Å². The molecule has 16 nitrogen and oxygen atoms in total. The van der Waals surface area contributed by atoms with Crippen molar-refractivity contribution in [1.29, 1.82) is 0 Å². The van der Waals surface area contributed by atoms with Gasteiger partial charge in [-0.1, -0.05) is 0 Å². The second-order valence-electron chi connectivity index (χ2n) is 9.05. The molecule has 6 N–H and O–H groups in total. The van der Waals surface area contributed by atoms with Crippen LogP contribution in [-0.2, 0) is 9.47 Å². The van der Waals surface area contributed by atoms with E-state index in [1.165, 1.54) is 34.4 Å². The Morgan fingerprint density at radius 3 is 1.43 bits per heavy atom. The zero-order valence-electron chi connectivity index (χ0n) is 20.4. The van der Waals surface area contributed by atoms with Gasteiger partial charge in [0.1, 0.15) is 71.7 Å². The smallest absolute Gasteiger partial charge is 0.166 e. The third-order valence-electron chi connectivity index (χ3n) is 6.72. The molecular weight excluding hydrogens is 528 g/mol. The van der Waals surface area contributed by atoms with Gasteiger partial charge in [0.05, 0.1) is 25.9 Å². The number of rotatable bonds is 4. The van der Waals surface area contributed by atoms with Gasteiger partial charge in [0.15, 0.2) is 23.8 Å². The van der Waals surface area contributed by atoms with Crippen LogP contribution in [0.5, 0.6) is 0 Å². The molecule has 0 radical (unpaired) electrons. The van der Waals surface area contributed by atoms with Crippen molar-refractivity contribution in [2.24, 2.45) is 0 Å². The standard InChI is InChI=1S/C24H22N8O8/c33-5-13-17(35)19(37)23(39-13)31-9-29-15-11(25-7-27-21(15)31)3-1-2-4-12-16-22(28-8-26-12)32(10-30-16)24-20(38)18(36)14(6-34)40-24/h7-10,13-14,17-20,23-24,33-38H,5-6H2/t13-,14-,17-,18-,19-,20-,23-,24-/m1/s1.